The number of hydrogen-bond acceptors (Lipinski definition) is 5. The number of amides is 1. The summed E-state index contributed by atoms with van der Waals surface area (Å²) in [5.74, 6) is 1.10. The van der Waals surface area contributed by atoms with Crippen LogP contribution in [0.1, 0.15) is 20.8 Å². The van der Waals surface area contributed by atoms with Crippen molar-refractivity contribution in [3.05, 3.63) is 23.6 Å². The molecule has 0 fully saturated rings. The highest BCUT2D eigenvalue weighted by Crippen LogP contribution is 2.38. The number of nitrogens with two attached hydrogens (primary N) is 1. The second kappa shape index (κ2) is 5.61. The van der Waals surface area contributed by atoms with Gasteiger partial charge in [0.1, 0.15) is 11.9 Å². The number of benzene rings is 1. The van der Waals surface area contributed by atoms with Crippen molar-refractivity contribution in [2.24, 2.45) is 5.92 Å². The molecule has 1 atom stereocenters. The van der Waals surface area contributed by atoms with Gasteiger partial charge in [-0.15, -0.1) is 11.3 Å². The Morgan fingerprint density at radius 2 is 2.27 bits per heavy atom. The van der Waals surface area contributed by atoms with E-state index in [2.05, 4.69) is 18.8 Å². The van der Waals surface area contributed by atoms with E-state index in [4.69, 9.17) is 10.5 Å². The molecular formula is C16H19N3O2S. The molecule has 1 aromatic carbocycles. The van der Waals surface area contributed by atoms with Crippen molar-refractivity contribution in [1.82, 2.24) is 4.98 Å². The van der Waals surface area contributed by atoms with E-state index in [9.17, 15) is 4.79 Å². The van der Waals surface area contributed by atoms with Gasteiger partial charge in [-0.05, 0) is 24.1 Å². The van der Waals surface area contributed by atoms with E-state index in [0.717, 1.165) is 22.7 Å². The number of anilines is 2. The molecule has 1 amide bonds. The van der Waals surface area contributed by atoms with Gasteiger partial charge in [0.15, 0.2) is 5.13 Å². The molecule has 0 saturated heterocycles. The summed E-state index contributed by atoms with van der Waals surface area (Å²) in [7, 11) is 0. The van der Waals surface area contributed by atoms with E-state index < -0.39 is 0 Å². The zero-order valence-electron chi connectivity index (χ0n) is 12.9. The molecule has 2 heterocycles. The van der Waals surface area contributed by atoms with E-state index in [0.29, 0.717) is 17.6 Å². The van der Waals surface area contributed by atoms with E-state index in [1.807, 2.05) is 23.6 Å². The van der Waals surface area contributed by atoms with Gasteiger partial charge in [-0.2, -0.15) is 0 Å². The quantitative estimate of drug-likeness (QED) is 0.924. The van der Waals surface area contributed by atoms with Gasteiger partial charge < -0.3 is 15.4 Å². The highest BCUT2D eigenvalue weighted by atomic mass is 32.1. The third kappa shape index (κ3) is 2.66. The fraction of sp³-hybridized carbons (Fsp3) is 0.375. The molecular weight excluding hydrogens is 298 g/mol. The van der Waals surface area contributed by atoms with Crippen LogP contribution in [0.25, 0.3) is 11.3 Å². The molecule has 116 valence electrons. The number of carbonyl (C=O) groups excluding carboxylic acids is 1. The summed E-state index contributed by atoms with van der Waals surface area (Å²) in [6.07, 6.45) is 0.0113. The topological polar surface area (TPSA) is 68.5 Å². The number of ether oxygens (including phenoxy) is 1. The van der Waals surface area contributed by atoms with Gasteiger partial charge in [-0.25, -0.2) is 4.98 Å². The van der Waals surface area contributed by atoms with Crippen LogP contribution < -0.4 is 15.4 Å². The fourth-order valence-electron chi connectivity index (χ4n) is 2.53. The maximum Gasteiger partial charge on any atom is 0.224 e. The number of nitrogens with zero attached hydrogens (tertiary/aromatic N) is 2. The van der Waals surface area contributed by atoms with Crippen molar-refractivity contribution < 1.29 is 9.53 Å². The molecule has 1 aliphatic heterocycles. The summed E-state index contributed by atoms with van der Waals surface area (Å²) in [5.41, 5.74) is 8.25. The van der Waals surface area contributed by atoms with Crippen LogP contribution in [0, 0.1) is 5.92 Å². The Morgan fingerprint density at radius 1 is 1.50 bits per heavy atom. The summed E-state index contributed by atoms with van der Waals surface area (Å²) >= 11 is 1.40. The Bertz CT molecular complexity index is 711. The lowest BCUT2D eigenvalue weighted by Gasteiger charge is -2.36. The first-order valence-corrected chi connectivity index (χ1v) is 8.14. The molecule has 6 heteroatoms. The van der Waals surface area contributed by atoms with E-state index >= 15 is 0 Å². The van der Waals surface area contributed by atoms with Crippen LogP contribution in [0.5, 0.6) is 5.75 Å². The standard InChI is InChI=1S/C16H19N3O2S/c1-9(2)15-7-19(10(3)20)13-6-11(4-5-14(13)21-15)12-8-22-16(17)18-12/h4-6,8-9,15H,7H2,1-3H3,(H2,17,18). The minimum absolute atomic E-state index is 0.0113. The molecule has 0 spiro atoms. The summed E-state index contributed by atoms with van der Waals surface area (Å²) in [6, 6.07) is 5.81. The van der Waals surface area contributed by atoms with Gasteiger partial charge in [0, 0.05) is 17.9 Å². The summed E-state index contributed by atoms with van der Waals surface area (Å²) in [4.78, 5) is 18.1. The van der Waals surface area contributed by atoms with Crippen molar-refractivity contribution >= 4 is 28.1 Å². The monoisotopic (exact) mass is 317 g/mol. The third-order valence-electron chi connectivity index (χ3n) is 3.83. The number of aromatic nitrogens is 1. The third-order valence-corrected chi connectivity index (χ3v) is 4.51. The predicted octanol–water partition coefficient (Wildman–Crippen LogP) is 3.16. The molecule has 3 rings (SSSR count). The Kier molecular flexibility index (Phi) is 3.78. The average molecular weight is 317 g/mol. The average Bonchev–Trinajstić information content (AvgIpc) is 2.91. The first-order chi connectivity index (χ1) is 10.5. The van der Waals surface area contributed by atoms with Crippen molar-refractivity contribution in [2.75, 3.05) is 17.2 Å². The predicted molar refractivity (Wildman–Crippen MR) is 89.2 cm³/mol. The highest BCUT2D eigenvalue weighted by Gasteiger charge is 2.30. The molecule has 22 heavy (non-hydrogen) atoms. The van der Waals surface area contributed by atoms with E-state index in [-0.39, 0.29) is 12.0 Å². The van der Waals surface area contributed by atoms with Crippen LogP contribution >= 0.6 is 11.3 Å². The first kappa shape index (κ1) is 14.8. The lowest BCUT2D eigenvalue weighted by molar-refractivity contribution is -0.117. The van der Waals surface area contributed by atoms with E-state index in [1.165, 1.54) is 11.3 Å². The maximum atomic E-state index is 12.0. The number of rotatable bonds is 2. The van der Waals surface area contributed by atoms with Crippen LogP contribution in [-0.2, 0) is 4.79 Å². The van der Waals surface area contributed by atoms with Crippen LogP contribution in [0.15, 0.2) is 23.6 Å². The molecule has 2 aromatic rings. The van der Waals surface area contributed by atoms with Gasteiger partial charge in [-0.1, -0.05) is 13.8 Å². The van der Waals surface area contributed by atoms with Gasteiger partial charge in [0.05, 0.1) is 17.9 Å². The van der Waals surface area contributed by atoms with Crippen LogP contribution in [0.4, 0.5) is 10.8 Å². The van der Waals surface area contributed by atoms with Crippen molar-refractivity contribution in [2.45, 2.75) is 26.9 Å². The van der Waals surface area contributed by atoms with E-state index in [1.54, 1.807) is 11.8 Å². The van der Waals surface area contributed by atoms with Gasteiger partial charge in [0.25, 0.3) is 0 Å². The minimum Gasteiger partial charge on any atom is -0.486 e. The lowest BCUT2D eigenvalue weighted by Crippen LogP contribution is -2.44. The zero-order valence-corrected chi connectivity index (χ0v) is 13.7. The molecule has 0 aliphatic carbocycles. The normalized spacial score (nSPS) is 17.3. The molecule has 2 N–H and O–H groups in total. The van der Waals surface area contributed by atoms with Crippen LogP contribution in [0.3, 0.4) is 0 Å². The Balaban J connectivity index is 2.03. The first-order valence-electron chi connectivity index (χ1n) is 7.26. The summed E-state index contributed by atoms with van der Waals surface area (Å²) in [6.45, 7) is 6.35. The second-order valence-electron chi connectivity index (χ2n) is 5.78. The molecule has 1 aliphatic rings. The van der Waals surface area contributed by atoms with Crippen LogP contribution in [0.2, 0.25) is 0 Å². The van der Waals surface area contributed by atoms with Crippen molar-refractivity contribution in [3.63, 3.8) is 0 Å². The number of thiazole rings is 1. The molecule has 0 saturated carbocycles. The molecule has 0 bridgehead atoms. The molecule has 0 radical (unpaired) electrons. The number of fused-ring (bicyclic) bond motifs is 1. The van der Waals surface area contributed by atoms with Gasteiger partial charge in [0.2, 0.25) is 5.91 Å². The highest BCUT2D eigenvalue weighted by molar-refractivity contribution is 7.13. The summed E-state index contributed by atoms with van der Waals surface area (Å²) in [5, 5.41) is 2.45. The van der Waals surface area contributed by atoms with Gasteiger partial charge >= 0.3 is 0 Å². The van der Waals surface area contributed by atoms with Gasteiger partial charge in [-0.3, -0.25) is 4.79 Å². The molecule has 1 unspecified atom stereocenters. The largest absolute Gasteiger partial charge is 0.486 e. The zero-order chi connectivity index (χ0) is 15.9. The molecule has 1 aromatic heterocycles. The van der Waals surface area contributed by atoms with Crippen molar-refractivity contribution in [1.29, 1.82) is 0 Å². The Morgan fingerprint density at radius 3 is 2.86 bits per heavy atom. The van der Waals surface area contributed by atoms with Crippen LogP contribution in [-0.4, -0.2) is 23.5 Å². The Labute approximate surface area is 133 Å². The number of nitrogen functional groups attached to an aromatic ring is 1. The molecule has 5 nitrogen and oxygen atoms in total. The number of carbonyl (C=O) groups is 1. The minimum atomic E-state index is 0.0113. The van der Waals surface area contributed by atoms with Crippen molar-refractivity contribution in [3.8, 4) is 17.0 Å². The lowest BCUT2D eigenvalue weighted by atomic mass is 10.0. The Hall–Kier alpha value is -2.08. The second-order valence-corrected chi connectivity index (χ2v) is 6.67. The maximum absolute atomic E-state index is 12.0. The fourth-order valence-corrected chi connectivity index (χ4v) is 3.10. The SMILES string of the molecule is CC(=O)N1CC(C(C)C)Oc2ccc(-c3csc(N)n3)cc21. The summed E-state index contributed by atoms with van der Waals surface area (Å²) < 4.78 is 6.03. The smallest absolute Gasteiger partial charge is 0.224 e. The number of hydrogen-bond donors (Lipinski definition) is 1.